The third-order valence-electron chi connectivity index (χ3n) is 2.48. The van der Waals surface area contributed by atoms with E-state index >= 15 is 0 Å². The molecule has 0 aromatic heterocycles. The third kappa shape index (κ3) is 3.75. The lowest BCUT2D eigenvalue weighted by atomic mass is 10.2. The smallest absolute Gasteiger partial charge is 0.327 e. The van der Waals surface area contributed by atoms with Crippen LogP contribution in [0.25, 0.3) is 0 Å². The van der Waals surface area contributed by atoms with Gasteiger partial charge in [0.15, 0.2) is 0 Å². The zero-order valence-corrected chi connectivity index (χ0v) is 12.6. The average Bonchev–Trinajstić information content (AvgIpc) is 2.27. The molecule has 19 heavy (non-hydrogen) atoms. The van der Waals surface area contributed by atoms with Crippen molar-refractivity contribution in [2.45, 2.75) is 19.9 Å². The molecule has 0 aliphatic carbocycles. The fourth-order valence-electron chi connectivity index (χ4n) is 1.53. The maximum Gasteiger partial charge on any atom is 0.327 e. The Morgan fingerprint density at radius 3 is 2.16 bits per heavy atom. The van der Waals surface area contributed by atoms with E-state index < -0.39 is 22.0 Å². The standard InChI is InChI=1S/C11H13Cl2NO4S/c1-3-19(17,18)14(7(2)11(15)16)10-5-8(12)4-9(13)6-10/h4-7H,3H2,1-2H3,(H,15,16). The van der Waals surface area contributed by atoms with E-state index in [4.69, 9.17) is 28.3 Å². The van der Waals surface area contributed by atoms with E-state index in [0.29, 0.717) is 0 Å². The number of nitrogens with zero attached hydrogens (tertiary/aromatic N) is 1. The van der Waals surface area contributed by atoms with Crippen LogP contribution in [0.1, 0.15) is 13.8 Å². The first-order valence-electron chi connectivity index (χ1n) is 5.40. The van der Waals surface area contributed by atoms with Crippen molar-refractivity contribution in [1.82, 2.24) is 0 Å². The van der Waals surface area contributed by atoms with Gasteiger partial charge in [0.1, 0.15) is 6.04 Å². The molecular formula is C11H13Cl2NO4S. The Hall–Kier alpha value is -0.980. The van der Waals surface area contributed by atoms with Crippen LogP contribution in [-0.4, -0.2) is 31.3 Å². The summed E-state index contributed by atoms with van der Waals surface area (Å²) in [4.78, 5) is 11.1. The van der Waals surface area contributed by atoms with Gasteiger partial charge in [-0.05, 0) is 32.0 Å². The second kappa shape index (κ2) is 5.98. The fourth-order valence-corrected chi connectivity index (χ4v) is 3.32. The van der Waals surface area contributed by atoms with Crippen molar-refractivity contribution in [3.05, 3.63) is 28.2 Å². The van der Waals surface area contributed by atoms with Gasteiger partial charge in [0, 0.05) is 10.0 Å². The molecule has 0 aliphatic rings. The highest BCUT2D eigenvalue weighted by Gasteiger charge is 2.31. The Morgan fingerprint density at radius 1 is 1.32 bits per heavy atom. The van der Waals surface area contributed by atoms with Crippen molar-refractivity contribution in [2.75, 3.05) is 10.1 Å². The molecule has 0 aliphatic heterocycles. The summed E-state index contributed by atoms with van der Waals surface area (Å²) < 4.78 is 24.9. The van der Waals surface area contributed by atoms with Crippen LogP contribution in [0.15, 0.2) is 18.2 Å². The number of hydrogen-bond acceptors (Lipinski definition) is 3. The van der Waals surface area contributed by atoms with Crippen molar-refractivity contribution in [2.24, 2.45) is 0 Å². The van der Waals surface area contributed by atoms with Gasteiger partial charge < -0.3 is 5.11 Å². The molecule has 1 aromatic rings. The van der Waals surface area contributed by atoms with E-state index in [9.17, 15) is 13.2 Å². The number of hydrogen-bond donors (Lipinski definition) is 1. The van der Waals surface area contributed by atoms with Crippen LogP contribution in [0.3, 0.4) is 0 Å². The highest BCUT2D eigenvalue weighted by Crippen LogP contribution is 2.29. The zero-order chi connectivity index (χ0) is 14.8. The van der Waals surface area contributed by atoms with Gasteiger partial charge in [-0.2, -0.15) is 0 Å². The minimum absolute atomic E-state index is 0.134. The van der Waals surface area contributed by atoms with Crippen molar-refractivity contribution < 1.29 is 18.3 Å². The van der Waals surface area contributed by atoms with Crippen LogP contribution < -0.4 is 4.31 Å². The van der Waals surface area contributed by atoms with E-state index in [-0.39, 0.29) is 21.5 Å². The van der Waals surface area contributed by atoms with Crippen LogP contribution in [0.4, 0.5) is 5.69 Å². The van der Waals surface area contributed by atoms with Crippen LogP contribution in [0.2, 0.25) is 10.0 Å². The van der Waals surface area contributed by atoms with E-state index in [2.05, 4.69) is 0 Å². The molecule has 1 N–H and O–H groups in total. The first-order chi connectivity index (χ1) is 8.69. The maximum absolute atomic E-state index is 12.0. The summed E-state index contributed by atoms with van der Waals surface area (Å²) in [6.45, 7) is 2.72. The Bertz CT molecular complexity index is 568. The summed E-state index contributed by atoms with van der Waals surface area (Å²) in [5.74, 6) is -1.48. The lowest BCUT2D eigenvalue weighted by molar-refractivity contribution is -0.137. The lowest BCUT2D eigenvalue weighted by Crippen LogP contribution is -2.44. The molecule has 0 radical (unpaired) electrons. The normalized spacial score (nSPS) is 13.1. The average molecular weight is 326 g/mol. The first kappa shape index (κ1) is 16.1. The second-order valence-electron chi connectivity index (χ2n) is 3.84. The fraction of sp³-hybridized carbons (Fsp3) is 0.364. The molecule has 106 valence electrons. The predicted molar refractivity (Wildman–Crippen MR) is 75.5 cm³/mol. The minimum Gasteiger partial charge on any atom is -0.480 e. The summed E-state index contributed by atoms with van der Waals surface area (Å²) in [7, 11) is -3.76. The third-order valence-corrected chi connectivity index (χ3v) is 4.77. The van der Waals surface area contributed by atoms with E-state index in [1.807, 2.05) is 0 Å². The SMILES string of the molecule is CCS(=O)(=O)N(c1cc(Cl)cc(Cl)c1)C(C)C(=O)O. The Kier molecular flexibility index (Phi) is 5.06. The Balaban J connectivity index is 3.43. The summed E-state index contributed by atoms with van der Waals surface area (Å²) in [6, 6.07) is 2.91. The van der Waals surface area contributed by atoms with Crippen molar-refractivity contribution >= 4 is 44.9 Å². The molecule has 0 heterocycles. The molecule has 0 saturated heterocycles. The highest BCUT2D eigenvalue weighted by molar-refractivity contribution is 7.92. The molecule has 1 atom stereocenters. The topological polar surface area (TPSA) is 74.7 Å². The molecule has 0 amide bonds. The van der Waals surface area contributed by atoms with Gasteiger partial charge in [-0.1, -0.05) is 23.2 Å². The molecule has 0 bridgehead atoms. The van der Waals surface area contributed by atoms with E-state index in [0.717, 1.165) is 4.31 Å². The zero-order valence-electron chi connectivity index (χ0n) is 10.3. The van der Waals surface area contributed by atoms with Crippen molar-refractivity contribution in [1.29, 1.82) is 0 Å². The molecule has 1 rings (SSSR count). The number of sulfonamides is 1. The Labute approximate surface area is 121 Å². The van der Waals surface area contributed by atoms with Crippen LogP contribution in [0.5, 0.6) is 0 Å². The van der Waals surface area contributed by atoms with Crippen molar-refractivity contribution in [3.8, 4) is 0 Å². The summed E-state index contributed by atoms with van der Waals surface area (Å²) in [5.41, 5.74) is 0.134. The molecule has 0 spiro atoms. The Morgan fingerprint density at radius 2 is 1.79 bits per heavy atom. The van der Waals surface area contributed by atoms with Crippen LogP contribution in [0, 0.1) is 0 Å². The number of anilines is 1. The number of carbonyl (C=O) groups is 1. The number of aliphatic carboxylic acids is 1. The summed E-state index contributed by atoms with van der Waals surface area (Å²) in [6.07, 6.45) is 0. The van der Waals surface area contributed by atoms with Crippen LogP contribution >= 0.6 is 23.2 Å². The number of carboxylic acid groups (broad SMARTS) is 1. The van der Waals surface area contributed by atoms with Gasteiger partial charge in [0.2, 0.25) is 10.0 Å². The van der Waals surface area contributed by atoms with Gasteiger partial charge in [-0.15, -0.1) is 0 Å². The number of benzene rings is 1. The molecule has 0 fully saturated rings. The lowest BCUT2D eigenvalue weighted by Gasteiger charge is -2.27. The van der Waals surface area contributed by atoms with Gasteiger partial charge in [-0.25, -0.2) is 13.2 Å². The highest BCUT2D eigenvalue weighted by atomic mass is 35.5. The predicted octanol–water partition coefficient (Wildman–Crippen LogP) is 2.62. The van der Waals surface area contributed by atoms with Crippen molar-refractivity contribution in [3.63, 3.8) is 0 Å². The minimum atomic E-state index is -3.76. The first-order valence-corrected chi connectivity index (χ1v) is 7.76. The van der Waals surface area contributed by atoms with Gasteiger partial charge in [0.25, 0.3) is 0 Å². The second-order valence-corrected chi connectivity index (χ2v) is 6.85. The number of rotatable bonds is 5. The molecule has 1 aromatic carbocycles. The van der Waals surface area contributed by atoms with Gasteiger partial charge >= 0.3 is 5.97 Å². The van der Waals surface area contributed by atoms with E-state index in [1.165, 1.54) is 32.0 Å². The number of carboxylic acids is 1. The molecule has 5 nitrogen and oxygen atoms in total. The largest absolute Gasteiger partial charge is 0.480 e. The summed E-state index contributed by atoms with van der Waals surface area (Å²) in [5, 5.41) is 9.50. The molecule has 8 heteroatoms. The molecule has 1 unspecified atom stereocenters. The quantitative estimate of drug-likeness (QED) is 0.902. The van der Waals surface area contributed by atoms with Gasteiger partial charge in [-0.3, -0.25) is 4.31 Å². The van der Waals surface area contributed by atoms with Crippen LogP contribution in [-0.2, 0) is 14.8 Å². The van der Waals surface area contributed by atoms with E-state index in [1.54, 1.807) is 0 Å². The molecule has 0 saturated carbocycles. The number of halogens is 2. The maximum atomic E-state index is 12.0. The monoisotopic (exact) mass is 325 g/mol. The summed E-state index contributed by atoms with van der Waals surface area (Å²) >= 11 is 11.6. The molecular weight excluding hydrogens is 313 g/mol. The van der Waals surface area contributed by atoms with Gasteiger partial charge in [0.05, 0.1) is 11.4 Å².